The SMILES string of the molecule is CN(C)c1ccc(C2(OC(=O)OC3(c4ccc(N(C)C)cc4)CCC3)CCC2)cc1. The third-order valence-corrected chi connectivity index (χ3v) is 6.70. The lowest BCUT2D eigenvalue weighted by Crippen LogP contribution is -2.44. The number of hydrogen-bond acceptors (Lipinski definition) is 5. The molecule has 160 valence electrons. The summed E-state index contributed by atoms with van der Waals surface area (Å²) in [5, 5.41) is 0. The number of carbonyl (C=O) groups is 1. The van der Waals surface area contributed by atoms with Crippen LogP contribution in [0.3, 0.4) is 0 Å². The Morgan fingerprint density at radius 3 is 1.23 bits per heavy atom. The van der Waals surface area contributed by atoms with Gasteiger partial charge in [-0.1, -0.05) is 24.3 Å². The molecule has 0 unspecified atom stereocenters. The van der Waals surface area contributed by atoms with E-state index in [4.69, 9.17) is 9.47 Å². The fourth-order valence-electron chi connectivity index (χ4n) is 4.36. The maximum absolute atomic E-state index is 12.9. The summed E-state index contributed by atoms with van der Waals surface area (Å²) in [6, 6.07) is 16.6. The van der Waals surface area contributed by atoms with Crippen LogP contribution in [0.15, 0.2) is 48.5 Å². The van der Waals surface area contributed by atoms with Crippen LogP contribution < -0.4 is 9.80 Å². The monoisotopic (exact) mass is 408 g/mol. The van der Waals surface area contributed by atoms with Crippen LogP contribution in [0.1, 0.15) is 49.7 Å². The number of hydrogen-bond donors (Lipinski definition) is 0. The molecule has 5 nitrogen and oxygen atoms in total. The van der Waals surface area contributed by atoms with Crippen molar-refractivity contribution in [3.63, 3.8) is 0 Å². The number of benzene rings is 2. The quantitative estimate of drug-likeness (QED) is 0.596. The van der Waals surface area contributed by atoms with E-state index in [0.29, 0.717) is 0 Å². The smallest absolute Gasteiger partial charge is 0.423 e. The van der Waals surface area contributed by atoms with Gasteiger partial charge < -0.3 is 19.3 Å². The van der Waals surface area contributed by atoms with E-state index in [9.17, 15) is 4.79 Å². The van der Waals surface area contributed by atoms with Crippen LogP contribution in [0, 0.1) is 0 Å². The summed E-state index contributed by atoms with van der Waals surface area (Å²) in [7, 11) is 8.08. The van der Waals surface area contributed by atoms with Gasteiger partial charge in [0.05, 0.1) is 0 Å². The van der Waals surface area contributed by atoms with Gasteiger partial charge in [0.25, 0.3) is 0 Å². The summed E-state index contributed by atoms with van der Waals surface area (Å²) < 4.78 is 12.0. The molecule has 0 heterocycles. The summed E-state index contributed by atoms with van der Waals surface area (Å²) >= 11 is 0. The van der Waals surface area contributed by atoms with E-state index in [1.807, 2.05) is 28.2 Å². The minimum atomic E-state index is -0.554. The molecule has 0 radical (unpaired) electrons. The first-order valence-electron chi connectivity index (χ1n) is 10.8. The second-order valence-corrected chi connectivity index (χ2v) is 9.03. The maximum atomic E-state index is 12.9. The van der Waals surface area contributed by atoms with Gasteiger partial charge in [0.2, 0.25) is 0 Å². The molecule has 5 heteroatoms. The zero-order valence-corrected chi connectivity index (χ0v) is 18.5. The van der Waals surface area contributed by atoms with Crippen molar-refractivity contribution in [3.05, 3.63) is 59.7 Å². The Balaban J connectivity index is 1.48. The van der Waals surface area contributed by atoms with Crippen molar-refractivity contribution < 1.29 is 14.3 Å². The first kappa shape index (κ1) is 20.6. The molecule has 0 amide bonds. The lowest BCUT2D eigenvalue weighted by molar-refractivity contribution is -0.135. The Morgan fingerprint density at radius 1 is 0.667 bits per heavy atom. The Kier molecular flexibility index (Phi) is 5.39. The molecule has 2 aromatic carbocycles. The van der Waals surface area contributed by atoms with E-state index in [1.54, 1.807) is 0 Å². The second kappa shape index (κ2) is 7.86. The topological polar surface area (TPSA) is 42.0 Å². The summed E-state index contributed by atoms with van der Waals surface area (Å²) in [4.78, 5) is 17.0. The first-order chi connectivity index (χ1) is 14.3. The van der Waals surface area contributed by atoms with E-state index in [2.05, 4.69) is 58.3 Å². The number of rotatable bonds is 6. The van der Waals surface area contributed by atoms with E-state index in [0.717, 1.165) is 61.0 Å². The molecule has 2 fully saturated rings. The van der Waals surface area contributed by atoms with Crippen molar-refractivity contribution >= 4 is 17.5 Å². The predicted molar refractivity (Wildman–Crippen MR) is 120 cm³/mol. The molecule has 0 N–H and O–H groups in total. The highest BCUT2D eigenvalue weighted by atomic mass is 16.7. The van der Waals surface area contributed by atoms with E-state index < -0.39 is 17.4 Å². The summed E-state index contributed by atoms with van der Waals surface area (Å²) in [6.07, 6.45) is 4.92. The Morgan fingerprint density at radius 2 is 1.00 bits per heavy atom. The molecule has 2 aliphatic carbocycles. The van der Waals surface area contributed by atoms with Crippen LogP contribution in [0.25, 0.3) is 0 Å². The molecule has 2 aromatic rings. The van der Waals surface area contributed by atoms with Crippen molar-refractivity contribution in [1.29, 1.82) is 0 Å². The van der Waals surface area contributed by atoms with Crippen molar-refractivity contribution in [2.45, 2.75) is 49.7 Å². The van der Waals surface area contributed by atoms with E-state index in [1.165, 1.54) is 0 Å². The van der Waals surface area contributed by atoms with Crippen molar-refractivity contribution in [3.8, 4) is 0 Å². The van der Waals surface area contributed by atoms with E-state index >= 15 is 0 Å². The molecule has 0 atom stereocenters. The zero-order valence-electron chi connectivity index (χ0n) is 18.5. The van der Waals surface area contributed by atoms with Crippen molar-refractivity contribution in [2.24, 2.45) is 0 Å². The second-order valence-electron chi connectivity index (χ2n) is 9.03. The van der Waals surface area contributed by atoms with Crippen LogP contribution in [-0.4, -0.2) is 34.3 Å². The fourth-order valence-corrected chi connectivity index (χ4v) is 4.36. The molecule has 30 heavy (non-hydrogen) atoms. The van der Waals surface area contributed by atoms with Crippen molar-refractivity contribution in [1.82, 2.24) is 0 Å². The molecule has 4 rings (SSSR count). The molecular formula is C25H32N2O3. The zero-order chi connectivity index (χ0) is 21.4. The third-order valence-electron chi connectivity index (χ3n) is 6.70. The van der Waals surface area contributed by atoms with Gasteiger partial charge in [-0.25, -0.2) is 4.79 Å². The Bertz CT molecular complexity index is 806. The van der Waals surface area contributed by atoms with E-state index in [-0.39, 0.29) is 0 Å². The lowest BCUT2D eigenvalue weighted by Gasteiger charge is -2.44. The molecule has 2 saturated carbocycles. The Hall–Kier alpha value is -2.69. The van der Waals surface area contributed by atoms with Gasteiger partial charge in [-0.15, -0.1) is 0 Å². The number of nitrogens with zero attached hydrogens (tertiary/aromatic N) is 2. The van der Waals surface area contributed by atoms with Crippen LogP contribution in [-0.2, 0) is 20.7 Å². The molecule has 0 spiro atoms. The number of ether oxygens (including phenoxy) is 2. The lowest BCUT2D eigenvalue weighted by atomic mass is 9.74. The summed E-state index contributed by atoms with van der Waals surface area (Å²) in [5.74, 6) is 0. The maximum Gasteiger partial charge on any atom is 0.510 e. The molecular weight excluding hydrogens is 376 g/mol. The van der Waals surface area contributed by atoms with Crippen LogP contribution in [0.4, 0.5) is 16.2 Å². The van der Waals surface area contributed by atoms with Crippen LogP contribution in [0.5, 0.6) is 0 Å². The normalized spacial score (nSPS) is 18.5. The highest BCUT2D eigenvalue weighted by Crippen LogP contribution is 2.48. The highest BCUT2D eigenvalue weighted by Gasteiger charge is 2.47. The van der Waals surface area contributed by atoms with Gasteiger partial charge in [0, 0.05) is 39.6 Å². The third kappa shape index (κ3) is 3.73. The first-order valence-corrected chi connectivity index (χ1v) is 10.8. The molecule has 0 saturated heterocycles. The molecule has 0 aromatic heterocycles. The predicted octanol–water partition coefficient (Wildman–Crippen LogP) is 5.43. The summed E-state index contributed by atoms with van der Waals surface area (Å²) in [5.41, 5.74) is 3.25. The van der Waals surface area contributed by atoms with Crippen LogP contribution >= 0.6 is 0 Å². The van der Waals surface area contributed by atoms with Crippen molar-refractivity contribution in [2.75, 3.05) is 38.0 Å². The van der Waals surface area contributed by atoms with Gasteiger partial charge in [0.1, 0.15) is 11.2 Å². The van der Waals surface area contributed by atoms with Gasteiger partial charge in [0.15, 0.2) is 0 Å². The highest BCUT2D eigenvalue weighted by molar-refractivity contribution is 5.63. The fraction of sp³-hybridized carbons (Fsp3) is 0.480. The summed E-state index contributed by atoms with van der Waals surface area (Å²) in [6.45, 7) is 0. The standard InChI is InChI=1S/C25H32N2O3/c1-26(2)21-11-7-19(8-12-21)24(15-5-16-24)29-23(28)30-25(17-6-18-25)20-9-13-22(14-10-20)27(3)4/h7-14H,5-6,15-18H2,1-4H3. The number of carbonyl (C=O) groups excluding carboxylic acids is 1. The van der Waals surface area contributed by atoms with Gasteiger partial charge in [-0.3, -0.25) is 0 Å². The van der Waals surface area contributed by atoms with Gasteiger partial charge in [-0.2, -0.15) is 0 Å². The van der Waals surface area contributed by atoms with Gasteiger partial charge in [-0.05, 0) is 73.9 Å². The average molecular weight is 409 g/mol. The molecule has 2 aliphatic rings. The minimum absolute atomic E-state index is 0.553. The molecule has 0 bridgehead atoms. The molecule has 0 aliphatic heterocycles. The number of anilines is 2. The minimum Gasteiger partial charge on any atom is -0.423 e. The Labute approximate surface area is 179 Å². The van der Waals surface area contributed by atoms with Gasteiger partial charge >= 0.3 is 6.16 Å². The average Bonchev–Trinajstić information content (AvgIpc) is 2.68. The largest absolute Gasteiger partial charge is 0.510 e. The van der Waals surface area contributed by atoms with Crippen LogP contribution in [0.2, 0.25) is 0 Å².